The van der Waals surface area contributed by atoms with E-state index in [1.807, 2.05) is 28.9 Å². The molecule has 1 aromatic carbocycles. The molecule has 0 aliphatic heterocycles. The van der Waals surface area contributed by atoms with Gasteiger partial charge < -0.3 is 15.2 Å². The van der Waals surface area contributed by atoms with Crippen LogP contribution in [0.25, 0.3) is 0 Å². The zero-order valence-corrected chi connectivity index (χ0v) is 12.6. The maximum atomic E-state index is 5.82. The lowest BCUT2D eigenvalue weighted by molar-refractivity contribution is 0.287. The first kappa shape index (κ1) is 15.3. The van der Waals surface area contributed by atoms with Crippen LogP contribution in [-0.4, -0.2) is 22.1 Å². The fraction of sp³-hybridized carbons (Fsp3) is 0.467. The Bertz CT molecular complexity index is 569. The van der Waals surface area contributed by atoms with E-state index >= 15 is 0 Å². The van der Waals surface area contributed by atoms with Gasteiger partial charge in [0.15, 0.2) is 0 Å². The summed E-state index contributed by atoms with van der Waals surface area (Å²) in [6.45, 7) is 3.74. The van der Waals surface area contributed by atoms with Gasteiger partial charge in [-0.25, -0.2) is 4.68 Å². The molecule has 0 saturated heterocycles. The molecule has 0 atom stereocenters. The van der Waals surface area contributed by atoms with Gasteiger partial charge >= 0.3 is 0 Å². The highest BCUT2D eigenvalue weighted by Gasteiger charge is 2.12. The molecule has 1 aromatic heterocycles. The van der Waals surface area contributed by atoms with Crippen LogP contribution in [0.2, 0.25) is 0 Å². The average molecular weight is 290 g/mol. The molecule has 2 rings (SSSR count). The molecule has 0 amide bonds. The smallest absolute Gasteiger partial charge is 0.132 e. The van der Waals surface area contributed by atoms with Crippen LogP contribution < -0.4 is 15.2 Å². The molecule has 114 valence electrons. The monoisotopic (exact) mass is 290 g/mol. The van der Waals surface area contributed by atoms with Gasteiger partial charge in [-0.05, 0) is 18.6 Å². The number of benzene rings is 1. The molecule has 0 spiro atoms. The fourth-order valence-corrected chi connectivity index (χ4v) is 2.02. The largest absolute Gasteiger partial charge is 0.497 e. The lowest BCUT2D eigenvalue weighted by Crippen LogP contribution is -2.11. The van der Waals surface area contributed by atoms with Crippen LogP contribution in [0.5, 0.6) is 11.5 Å². The van der Waals surface area contributed by atoms with Crippen LogP contribution in [0.15, 0.2) is 24.3 Å². The highest BCUT2D eigenvalue weighted by atomic mass is 16.5. The van der Waals surface area contributed by atoms with Gasteiger partial charge in [-0.1, -0.05) is 24.6 Å². The molecule has 21 heavy (non-hydrogen) atoms. The van der Waals surface area contributed by atoms with E-state index in [4.69, 9.17) is 15.2 Å². The van der Waals surface area contributed by atoms with Crippen molar-refractivity contribution < 1.29 is 9.47 Å². The normalized spacial score (nSPS) is 10.6. The highest BCUT2D eigenvalue weighted by Crippen LogP contribution is 2.20. The Kier molecular flexibility index (Phi) is 5.57. The van der Waals surface area contributed by atoms with Crippen LogP contribution in [0.3, 0.4) is 0 Å². The van der Waals surface area contributed by atoms with Gasteiger partial charge in [0.25, 0.3) is 0 Å². The van der Waals surface area contributed by atoms with E-state index in [1.165, 1.54) is 0 Å². The van der Waals surface area contributed by atoms with Crippen molar-refractivity contribution in [1.29, 1.82) is 0 Å². The first-order valence-corrected chi connectivity index (χ1v) is 7.16. The van der Waals surface area contributed by atoms with E-state index in [0.717, 1.165) is 42.3 Å². The van der Waals surface area contributed by atoms with Crippen LogP contribution in [0.1, 0.15) is 31.2 Å². The minimum absolute atomic E-state index is 0.364. The third-order valence-electron chi connectivity index (χ3n) is 3.25. The second-order valence-corrected chi connectivity index (χ2v) is 4.73. The molecule has 0 aliphatic carbocycles. The van der Waals surface area contributed by atoms with Gasteiger partial charge in [0.1, 0.15) is 29.5 Å². The Morgan fingerprint density at radius 1 is 1.29 bits per heavy atom. The number of methoxy groups -OCH3 is 1. The molecule has 0 saturated carbocycles. The van der Waals surface area contributed by atoms with Crippen molar-refractivity contribution in [2.45, 2.75) is 39.5 Å². The Balaban J connectivity index is 2.08. The standard InChI is InChI=1S/C15H22N4O2/c1-3-4-8-19-15(14(10-16)17-18-19)11-21-13-7-5-6-12(9-13)20-2/h5-7,9H,3-4,8,10-11,16H2,1-2H3. The quantitative estimate of drug-likeness (QED) is 0.806. The molecule has 6 nitrogen and oxygen atoms in total. The van der Waals surface area contributed by atoms with Crippen LogP contribution in [0, 0.1) is 0 Å². The molecular formula is C15H22N4O2. The number of nitrogens with two attached hydrogens (primary N) is 1. The molecule has 6 heteroatoms. The second-order valence-electron chi connectivity index (χ2n) is 4.73. The number of aryl methyl sites for hydroxylation is 1. The summed E-state index contributed by atoms with van der Waals surface area (Å²) in [4.78, 5) is 0. The van der Waals surface area contributed by atoms with Crippen LogP contribution >= 0.6 is 0 Å². The van der Waals surface area contributed by atoms with Gasteiger partial charge in [-0.3, -0.25) is 0 Å². The summed E-state index contributed by atoms with van der Waals surface area (Å²) in [6, 6.07) is 7.52. The predicted molar refractivity (Wildman–Crippen MR) is 80.1 cm³/mol. The van der Waals surface area contributed by atoms with Gasteiger partial charge in [0.05, 0.1) is 7.11 Å². The number of hydrogen-bond acceptors (Lipinski definition) is 5. The number of nitrogens with zero attached hydrogens (tertiary/aromatic N) is 3. The zero-order valence-electron chi connectivity index (χ0n) is 12.6. The van der Waals surface area contributed by atoms with Crippen molar-refractivity contribution in [3.05, 3.63) is 35.7 Å². The topological polar surface area (TPSA) is 75.2 Å². The molecule has 0 radical (unpaired) electrons. The van der Waals surface area contributed by atoms with E-state index in [1.54, 1.807) is 7.11 Å². The van der Waals surface area contributed by atoms with Gasteiger partial charge in [-0.15, -0.1) is 5.10 Å². The summed E-state index contributed by atoms with van der Waals surface area (Å²) < 4.78 is 12.9. The van der Waals surface area contributed by atoms with Crippen LogP contribution in [0.4, 0.5) is 0 Å². The SMILES string of the molecule is CCCCn1nnc(CN)c1COc1cccc(OC)c1. The summed E-state index contributed by atoms with van der Waals surface area (Å²) >= 11 is 0. The van der Waals surface area contributed by atoms with E-state index in [0.29, 0.717) is 13.2 Å². The third-order valence-corrected chi connectivity index (χ3v) is 3.25. The first-order valence-electron chi connectivity index (χ1n) is 7.16. The Morgan fingerprint density at radius 3 is 2.81 bits per heavy atom. The number of unbranched alkanes of at least 4 members (excludes halogenated alkanes) is 1. The number of ether oxygens (including phenoxy) is 2. The van der Waals surface area contributed by atoms with Gasteiger partial charge in [-0.2, -0.15) is 0 Å². The fourth-order valence-electron chi connectivity index (χ4n) is 2.02. The molecule has 0 bridgehead atoms. The molecular weight excluding hydrogens is 268 g/mol. The van der Waals surface area contributed by atoms with Crippen molar-refractivity contribution in [1.82, 2.24) is 15.0 Å². The van der Waals surface area contributed by atoms with Crippen molar-refractivity contribution in [2.24, 2.45) is 5.73 Å². The average Bonchev–Trinajstić information content (AvgIpc) is 2.93. The molecule has 2 N–H and O–H groups in total. The first-order chi connectivity index (χ1) is 10.3. The van der Waals surface area contributed by atoms with E-state index in [9.17, 15) is 0 Å². The zero-order chi connectivity index (χ0) is 15.1. The molecule has 0 unspecified atom stereocenters. The van der Waals surface area contributed by atoms with E-state index < -0.39 is 0 Å². The summed E-state index contributed by atoms with van der Waals surface area (Å²) in [5.41, 5.74) is 7.44. The van der Waals surface area contributed by atoms with E-state index in [-0.39, 0.29) is 0 Å². The second kappa shape index (κ2) is 7.64. The third kappa shape index (κ3) is 3.95. The Morgan fingerprint density at radius 2 is 2.10 bits per heavy atom. The van der Waals surface area contributed by atoms with Crippen molar-refractivity contribution in [2.75, 3.05) is 7.11 Å². The van der Waals surface area contributed by atoms with E-state index in [2.05, 4.69) is 17.2 Å². The van der Waals surface area contributed by atoms with Crippen molar-refractivity contribution in [3.8, 4) is 11.5 Å². The summed E-state index contributed by atoms with van der Waals surface area (Å²) in [7, 11) is 1.63. The summed E-state index contributed by atoms with van der Waals surface area (Å²) in [5, 5.41) is 8.27. The van der Waals surface area contributed by atoms with Crippen LogP contribution in [-0.2, 0) is 19.7 Å². The maximum absolute atomic E-state index is 5.82. The lowest BCUT2D eigenvalue weighted by Gasteiger charge is -2.10. The predicted octanol–water partition coefficient (Wildman–Crippen LogP) is 2.12. The van der Waals surface area contributed by atoms with Gasteiger partial charge in [0, 0.05) is 19.2 Å². The highest BCUT2D eigenvalue weighted by molar-refractivity contribution is 5.33. The molecule has 0 fully saturated rings. The lowest BCUT2D eigenvalue weighted by atomic mass is 10.3. The Hall–Kier alpha value is -2.08. The maximum Gasteiger partial charge on any atom is 0.132 e. The number of rotatable bonds is 8. The minimum atomic E-state index is 0.364. The summed E-state index contributed by atoms with van der Waals surface area (Å²) in [6.07, 6.45) is 2.16. The van der Waals surface area contributed by atoms with Gasteiger partial charge in [0.2, 0.25) is 0 Å². The Labute approximate surface area is 124 Å². The molecule has 1 heterocycles. The molecule has 0 aliphatic rings. The summed E-state index contributed by atoms with van der Waals surface area (Å²) in [5.74, 6) is 1.52. The van der Waals surface area contributed by atoms with Crippen molar-refractivity contribution in [3.63, 3.8) is 0 Å². The number of hydrogen-bond donors (Lipinski definition) is 1. The molecule has 2 aromatic rings. The van der Waals surface area contributed by atoms with Crippen molar-refractivity contribution >= 4 is 0 Å². The number of aromatic nitrogens is 3. The minimum Gasteiger partial charge on any atom is -0.497 e.